The monoisotopic (exact) mass is 334 g/mol. The van der Waals surface area contributed by atoms with E-state index >= 15 is 0 Å². The maximum absolute atomic E-state index is 12.4. The molecule has 0 spiro atoms. The maximum atomic E-state index is 12.4. The number of nitrogens with zero attached hydrogens (tertiary/aromatic N) is 1. The molecule has 1 aromatic carbocycles. The zero-order valence-corrected chi connectivity index (χ0v) is 14.5. The lowest BCUT2D eigenvalue weighted by atomic mass is 9.96. The fourth-order valence-electron chi connectivity index (χ4n) is 2.92. The summed E-state index contributed by atoms with van der Waals surface area (Å²) in [5.74, 6) is 0.312. The maximum Gasteiger partial charge on any atom is 0.225 e. The predicted molar refractivity (Wildman–Crippen MR) is 90.6 cm³/mol. The number of methoxy groups -OCH3 is 1. The minimum absolute atomic E-state index is 0.0386. The van der Waals surface area contributed by atoms with Crippen molar-refractivity contribution in [2.45, 2.75) is 33.2 Å². The summed E-state index contributed by atoms with van der Waals surface area (Å²) in [6.45, 7) is 5.34. The number of phenolic OH excluding ortho intramolecular Hbond substituents is 1. The van der Waals surface area contributed by atoms with Crippen LogP contribution >= 0.6 is 0 Å². The first-order valence-electron chi connectivity index (χ1n) is 8.34. The Labute approximate surface area is 142 Å². The first-order valence-corrected chi connectivity index (χ1v) is 8.34. The van der Waals surface area contributed by atoms with Gasteiger partial charge in [-0.05, 0) is 30.5 Å². The smallest absolute Gasteiger partial charge is 0.225 e. The van der Waals surface area contributed by atoms with Crippen LogP contribution in [0.15, 0.2) is 18.2 Å². The SMILES string of the molecule is COc1cc(CNC(=O)[C@@H]2CCCN(C(=O)C(C)C)C2)ccc1O. The summed E-state index contributed by atoms with van der Waals surface area (Å²) < 4.78 is 5.06. The van der Waals surface area contributed by atoms with E-state index in [1.54, 1.807) is 23.1 Å². The number of likely N-dealkylation sites (tertiary alicyclic amines) is 1. The molecular formula is C18H26N2O4. The highest BCUT2D eigenvalue weighted by molar-refractivity contribution is 5.82. The van der Waals surface area contributed by atoms with Gasteiger partial charge in [-0.25, -0.2) is 0 Å². The highest BCUT2D eigenvalue weighted by atomic mass is 16.5. The average Bonchev–Trinajstić information content (AvgIpc) is 2.60. The van der Waals surface area contributed by atoms with Gasteiger partial charge >= 0.3 is 0 Å². The van der Waals surface area contributed by atoms with E-state index in [1.807, 2.05) is 13.8 Å². The Morgan fingerprint density at radius 3 is 2.83 bits per heavy atom. The van der Waals surface area contributed by atoms with E-state index in [0.29, 0.717) is 18.8 Å². The van der Waals surface area contributed by atoms with Gasteiger partial charge in [0.25, 0.3) is 0 Å². The normalized spacial score (nSPS) is 17.7. The number of amides is 2. The summed E-state index contributed by atoms with van der Waals surface area (Å²) in [7, 11) is 1.49. The number of ether oxygens (including phenoxy) is 1. The fraction of sp³-hybridized carbons (Fsp3) is 0.556. The molecule has 1 atom stereocenters. The number of hydrogen-bond donors (Lipinski definition) is 2. The van der Waals surface area contributed by atoms with Crippen molar-refractivity contribution in [2.24, 2.45) is 11.8 Å². The van der Waals surface area contributed by atoms with Crippen LogP contribution in [0.5, 0.6) is 11.5 Å². The molecule has 1 fully saturated rings. The van der Waals surface area contributed by atoms with E-state index in [1.165, 1.54) is 7.11 Å². The summed E-state index contributed by atoms with van der Waals surface area (Å²) >= 11 is 0. The number of phenols is 1. The molecule has 1 aliphatic heterocycles. The van der Waals surface area contributed by atoms with Crippen LogP contribution in [0.25, 0.3) is 0 Å². The Balaban J connectivity index is 1.91. The predicted octanol–water partition coefficient (Wildman–Crippen LogP) is 1.91. The van der Waals surface area contributed by atoms with Crippen LogP contribution < -0.4 is 10.1 Å². The van der Waals surface area contributed by atoms with E-state index < -0.39 is 0 Å². The lowest BCUT2D eigenvalue weighted by Gasteiger charge is -2.33. The number of carbonyl (C=O) groups is 2. The van der Waals surface area contributed by atoms with E-state index in [4.69, 9.17) is 4.74 Å². The summed E-state index contributed by atoms with van der Waals surface area (Å²) in [6, 6.07) is 4.99. The third kappa shape index (κ3) is 4.40. The molecule has 0 bridgehead atoms. The molecule has 1 saturated heterocycles. The molecule has 6 nitrogen and oxygen atoms in total. The van der Waals surface area contributed by atoms with Gasteiger partial charge in [0.15, 0.2) is 11.5 Å². The van der Waals surface area contributed by atoms with Crippen LogP contribution in [-0.4, -0.2) is 42.0 Å². The molecule has 2 amide bonds. The van der Waals surface area contributed by atoms with Crippen molar-refractivity contribution in [2.75, 3.05) is 20.2 Å². The van der Waals surface area contributed by atoms with Gasteiger partial charge in [-0.2, -0.15) is 0 Å². The van der Waals surface area contributed by atoms with Crippen LogP contribution in [-0.2, 0) is 16.1 Å². The van der Waals surface area contributed by atoms with Gasteiger partial charge in [-0.15, -0.1) is 0 Å². The van der Waals surface area contributed by atoms with E-state index in [-0.39, 0.29) is 29.4 Å². The molecule has 132 valence electrons. The first-order chi connectivity index (χ1) is 11.4. The largest absolute Gasteiger partial charge is 0.504 e. The number of carbonyl (C=O) groups excluding carboxylic acids is 2. The third-order valence-electron chi connectivity index (χ3n) is 4.31. The second-order valence-electron chi connectivity index (χ2n) is 6.50. The summed E-state index contributed by atoms with van der Waals surface area (Å²) in [5.41, 5.74) is 0.851. The van der Waals surface area contributed by atoms with Crippen molar-refractivity contribution in [1.29, 1.82) is 0 Å². The lowest BCUT2D eigenvalue weighted by Crippen LogP contribution is -2.46. The van der Waals surface area contributed by atoms with Gasteiger partial charge in [0.05, 0.1) is 13.0 Å². The van der Waals surface area contributed by atoms with Crippen LogP contribution in [0.3, 0.4) is 0 Å². The number of benzene rings is 1. The van der Waals surface area contributed by atoms with E-state index in [2.05, 4.69) is 5.32 Å². The Bertz CT molecular complexity index is 601. The van der Waals surface area contributed by atoms with Gasteiger partial charge in [0.1, 0.15) is 0 Å². The molecule has 2 rings (SSSR count). The standard InChI is InChI=1S/C18H26N2O4/c1-12(2)18(23)20-8-4-5-14(11-20)17(22)19-10-13-6-7-15(21)16(9-13)24-3/h6-7,9,12,14,21H,4-5,8,10-11H2,1-3H3,(H,19,22)/t14-/m1/s1. The summed E-state index contributed by atoms with van der Waals surface area (Å²) in [5, 5.41) is 12.5. The van der Waals surface area contributed by atoms with Gasteiger partial charge < -0.3 is 20.1 Å². The highest BCUT2D eigenvalue weighted by Crippen LogP contribution is 2.26. The van der Waals surface area contributed by atoms with Gasteiger partial charge in [0.2, 0.25) is 11.8 Å². The van der Waals surface area contributed by atoms with Crippen molar-refractivity contribution < 1.29 is 19.4 Å². The molecular weight excluding hydrogens is 308 g/mol. The minimum Gasteiger partial charge on any atom is -0.504 e. The Kier molecular flexibility index (Phi) is 6.06. The van der Waals surface area contributed by atoms with E-state index in [0.717, 1.165) is 24.9 Å². The van der Waals surface area contributed by atoms with Crippen molar-refractivity contribution in [3.63, 3.8) is 0 Å². The molecule has 1 aromatic rings. The van der Waals surface area contributed by atoms with Crippen molar-refractivity contribution in [3.05, 3.63) is 23.8 Å². The minimum atomic E-state index is -0.166. The molecule has 0 unspecified atom stereocenters. The summed E-state index contributed by atoms with van der Waals surface area (Å²) in [6.07, 6.45) is 1.65. The molecule has 24 heavy (non-hydrogen) atoms. The number of aromatic hydroxyl groups is 1. The highest BCUT2D eigenvalue weighted by Gasteiger charge is 2.29. The quantitative estimate of drug-likeness (QED) is 0.862. The molecule has 1 aliphatic rings. The van der Waals surface area contributed by atoms with Gasteiger partial charge in [0, 0.05) is 25.6 Å². The molecule has 0 aromatic heterocycles. The van der Waals surface area contributed by atoms with Gasteiger partial charge in [-0.3, -0.25) is 9.59 Å². The average molecular weight is 334 g/mol. The number of rotatable bonds is 5. The molecule has 1 heterocycles. The van der Waals surface area contributed by atoms with E-state index in [9.17, 15) is 14.7 Å². The Morgan fingerprint density at radius 1 is 1.42 bits per heavy atom. The summed E-state index contributed by atoms with van der Waals surface area (Å²) in [4.78, 5) is 26.3. The topological polar surface area (TPSA) is 78.9 Å². The zero-order valence-electron chi connectivity index (χ0n) is 14.5. The molecule has 0 aliphatic carbocycles. The van der Waals surface area contributed by atoms with Crippen molar-refractivity contribution >= 4 is 11.8 Å². The van der Waals surface area contributed by atoms with Gasteiger partial charge in [-0.1, -0.05) is 19.9 Å². The fourth-order valence-corrected chi connectivity index (χ4v) is 2.92. The third-order valence-corrected chi connectivity index (χ3v) is 4.31. The number of nitrogens with one attached hydrogen (secondary N) is 1. The zero-order chi connectivity index (χ0) is 17.7. The Morgan fingerprint density at radius 2 is 2.17 bits per heavy atom. The number of piperidine rings is 1. The molecule has 0 radical (unpaired) electrons. The molecule has 0 saturated carbocycles. The van der Waals surface area contributed by atoms with Crippen LogP contribution in [0.4, 0.5) is 0 Å². The van der Waals surface area contributed by atoms with Crippen LogP contribution in [0, 0.1) is 11.8 Å². The van der Waals surface area contributed by atoms with Crippen LogP contribution in [0.2, 0.25) is 0 Å². The van der Waals surface area contributed by atoms with Crippen molar-refractivity contribution in [1.82, 2.24) is 10.2 Å². The lowest BCUT2D eigenvalue weighted by molar-refractivity contribution is -0.138. The number of hydrogen-bond acceptors (Lipinski definition) is 4. The molecule has 2 N–H and O–H groups in total. The van der Waals surface area contributed by atoms with Crippen molar-refractivity contribution in [3.8, 4) is 11.5 Å². The first kappa shape index (κ1) is 18.1. The van der Waals surface area contributed by atoms with Crippen LogP contribution in [0.1, 0.15) is 32.3 Å². The Hall–Kier alpha value is -2.24. The second-order valence-corrected chi connectivity index (χ2v) is 6.50. The second kappa shape index (κ2) is 8.04. The molecule has 6 heteroatoms.